The van der Waals surface area contributed by atoms with Crippen molar-refractivity contribution in [2.45, 2.75) is 64.4 Å². The maximum absolute atomic E-state index is 9.88. The molecule has 5 rings (SSSR count). The molecular weight excluding hydrogens is 387 g/mol. The molecule has 0 amide bonds. The summed E-state index contributed by atoms with van der Waals surface area (Å²) in [7, 11) is 1.89. The highest BCUT2D eigenvalue weighted by molar-refractivity contribution is 6.50. The molecule has 2 bridgehead atoms. The molecule has 165 valence electrons. The molecular formula is C24H34BN4O2. The topological polar surface area (TPSA) is 82.5 Å². The monoisotopic (exact) mass is 421 g/mol. The van der Waals surface area contributed by atoms with E-state index in [1.807, 2.05) is 19.9 Å². The van der Waals surface area contributed by atoms with Crippen LogP contribution in [0.2, 0.25) is 0 Å². The predicted molar refractivity (Wildman–Crippen MR) is 125 cm³/mol. The summed E-state index contributed by atoms with van der Waals surface area (Å²) in [5.41, 5.74) is 7.25. The fourth-order valence-corrected chi connectivity index (χ4v) is 6.22. The van der Waals surface area contributed by atoms with E-state index in [1.54, 1.807) is 0 Å². The van der Waals surface area contributed by atoms with Crippen molar-refractivity contribution in [1.29, 1.82) is 0 Å². The summed E-state index contributed by atoms with van der Waals surface area (Å²) in [6.07, 6.45) is 12.0. The molecule has 2 aliphatic carbocycles. The Hall–Kier alpha value is -1.86. The minimum Gasteiger partial charge on any atom is -0.429 e. The number of hydrogen-bond donors (Lipinski definition) is 3. The first-order valence-electron chi connectivity index (χ1n) is 11.9. The van der Waals surface area contributed by atoms with E-state index in [0.717, 1.165) is 53.1 Å². The van der Waals surface area contributed by atoms with Gasteiger partial charge in [-0.25, -0.2) is 4.98 Å². The van der Waals surface area contributed by atoms with Gasteiger partial charge in [-0.15, -0.1) is 0 Å². The second-order valence-corrected chi connectivity index (χ2v) is 10.3. The van der Waals surface area contributed by atoms with Crippen molar-refractivity contribution in [3.05, 3.63) is 24.0 Å². The third-order valence-electron chi connectivity index (χ3n) is 7.71. The summed E-state index contributed by atoms with van der Waals surface area (Å²) >= 11 is 0. The first kappa shape index (κ1) is 21.0. The highest BCUT2D eigenvalue weighted by Crippen LogP contribution is 2.48. The van der Waals surface area contributed by atoms with E-state index >= 15 is 0 Å². The van der Waals surface area contributed by atoms with E-state index in [1.165, 1.54) is 32.1 Å². The van der Waals surface area contributed by atoms with Gasteiger partial charge in [-0.3, -0.25) is 0 Å². The molecule has 0 spiro atoms. The Morgan fingerprint density at radius 1 is 1.29 bits per heavy atom. The van der Waals surface area contributed by atoms with Crippen molar-refractivity contribution in [1.82, 2.24) is 15.4 Å². The maximum atomic E-state index is 9.88. The van der Waals surface area contributed by atoms with Crippen molar-refractivity contribution in [3.63, 3.8) is 0 Å². The van der Waals surface area contributed by atoms with Gasteiger partial charge in [0.2, 0.25) is 0 Å². The molecule has 1 aliphatic heterocycles. The molecule has 2 aromatic rings. The molecule has 4 unspecified atom stereocenters. The van der Waals surface area contributed by atoms with Crippen LogP contribution in [0, 0.1) is 23.7 Å². The summed E-state index contributed by atoms with van der Waals surface area (Å²) in [6, 6.07) is 2.11. The molecule has 3 aliphatic rings. The maximum Gasteiger partial charge on any atom is 0.333 e. The van der Waals surface area contributed by atoms with E-state index in [0.29, 0.717) is 17.8 Å². The average molecular weight is 421 g/mol. The molecule has 2 fully saturated rings. The number of nitrogens with zero attached hydrogens (tertiary/aromatic N) is 2. The number of aromatic amines is 1. The van der Waals surface area contributed by atoms with Crippen LogP contribution >= 0.6 is 0 Å². The largest absolute Gasteiger partial charge is 0.429 e. The first-order valence-corrected chi connectivity index (χ1v) is 11.9. The van der Waals surface area contributed by atoms with E-state index in [2.05, 4.69) is 35.3 Å². The van der Waals surface area contributed by atoms with Crippen LogP contribution in [0.25, 0.3) is 11.0 Å². The lowest BCUT2D eigenvalue weighted by Gasteiger charge is -2.46. The molecule has 2 aromatic heterocycles. The van der Waals surface area contributed by atoms with Gasteiger partial charge in [0, 0.05) is 48.0 Å². The van der Waals surface area contributed by atoms with Crippen LogP contribution in [0.3, 0.4) is 0 Å². The van der Waals surface area contributed by atoms with E-state index < -0.39 is 0 Å². The minimum atomic E-state index is -0.273. The minimum absolute atomic E-state index is 0.244. The Morgan fingerprint density at radius 2 is 2.19 bits per heavy atom. The van der Waals surface area contributed by atoms with Gasteiger partial charge in [-0.05, 0) is 75.2 Å². The second kappa shape index (κ2) is 8.59. The van der Waals surface area contributed by atoms with Crippen molar-refractivity contribution < 1.29 is 9.76 Å². The molecule has 1 radical (unpaired) electrons. The molecule has 3 N–H and O–H groups in total. The van der Waals surface area contributed by atoms with Crippen LogP contribution in [0.5, 0.6) is 0 Å². The lowest BCUT2D eigenvalue weighted by molar-refractivity contribution is 0.0832. The average Bonchev–Trinajstić information content (AvgIpc) is 3.22. The molecule has 7 heteroatoms. The number of nitrogens with one attached hydrogen (secondary N) is 2. The van der Waals surface area contributed by atoms with Gasteiger partial charge < -0.3 is 20.2 Å². The zero-order valence-corrected chi connectivity index (χ0v) is 18.7. The first-order chi connectivity index (χ1) is 15.1. The molecule has 31 heavy (non-hydrogen) atoms. The standard InChI is InChI=1S/C24H34BN4O2/c1-24(2)8-10-28-29-22(20-16-5-3-4-15(12-16)13-17(20)7-11-30)21-18-6-9-26-23(18)27-14-19(21)25-31-24/h6,9,14-17,20,28,30H,3-5,7-8,10-13H2,1-2H3,(H,26,27)/b29-22-. The Kier molecular flexibility index (Phi) is 5.82. The quantitative estimate of drug-likeness (QED) is 0.666. The predicted octanol–water partition coefficient (Wildman–Crippen LogP) is 3.12. The Bertz CT molecular complexity index is 956. The Morgan fingerprint density at radius 3 is 3.06 bits per heavy atom. The fraction of sp³-hybridized carbons (Fsp3) is 0.667. The van der Waals surface area contributed by atoms with Gasteiger partial charge in [0.25, 0.3) is 0 Å². The van der Waals surface area contributed by atoms with Crippen LogP contribution in [0.1, 0.15) is 64.4 Å². The van der Waals surface area contributed by atoms with Gasteiger partial charge in [0.1, 0.15) is 5.65 Å². The number of rotatable bonds is 3. The molecule has 0 saturated heterocycles. The number of H-pyrrole nitrogens is 1. The third kappa shape index (κ3) is 4.14. The van der Waals surface area contributed by atoms with Gasteiger partial charge in [-0.2, -0.15) is 5.10 Å². The lowest BCUT2D eigenvalue weighted by Crippen LogP contribution is -2.45. The van der Waals surface area contributed by atoms with E-state index in [9.17, 15) is 5.11 Å². The number of aromatic nitrogens is 2. The van der Waals surface area contributed by atoms with E-state index in [4.69, 9.17) is 9.76 Å². The smallest absolute Gasteiger partial charge is 0.333 e. The second-order valence-electron chi connectivity index (χ2n) is 10.3. The SMILES string of the molecule is CC1(C)CCN/N=C(/C2C(CCO)CC3CCCC2C3)c2c(cnc3[nH]ccc23)[B]O1. The van der Waals surface area contributed by atoms with Gasteiger partial charge >= 0.3 is 7.48 Å². The van der Waals surface area contributed by atoms with Gasteiger partial charge in [0.15, 0.2) is 0 Å². The summed E-state index contributed by atoms with van der Waals surface area (Å²) in [6.45, 7) is 5.24. The molecule has 6 nitrogen and oxygen atoms in total. The molecule has 4 atom stereocenters. The number of fused-ring (bicyclic) bond motifs is 5. The summed E-state index contributed by atoms with van der Waals surface area (Å²) in [5, 5.41) is 16.1. The zero-order chi connectivity index (χ0) is 21.4. The fourth-order valence-electron chi connectivity index (χ4n) is 6.22. The Labute approximate surface area is 185 Å². The normalized spacial score (nSPS) is 32.3. The lowest BCUT2D eigenvalue weighted by atomic mass is 9.59. The number of hydrazone groups is 1. The van der Waals surface area contributed by atoms with Crippen LogP contribution < -0.4 is 10.9 Å². The van der Waals surface area contributed by atoms with Crippen molar-refractivity contribution in [2.24, 2.45) is 28.8 Å². The summed E-state index contributed by atoms with van der Waals surface area (Å²) in [5.74, 6) is 2.24. The zero-order valence-electron chi connectivity index (χ0n) is 18.7. The van der Waals surface area contributed by atoms with Crippen molar-refractivity contribution in [2.75, 3.05) is 13.2 Å². The van der Waals surface area contributed by atoms with Crippen molar-refractivity contribution >= 4 is 29.7 Å². The highest BCUT2D eigenvalue weighted by Gasteiger charge is 2.43. The number of pyridine rings is 1. The summed E-state index contributed by atoms with van der Waals surface area (Å²) in [4.78, 5) is 7.92. The van der Waals surface area contributed by atoms with E-state index in [-0.39, 0.29) is 12.2 Å². The number of aliphatic hydroxyl groups excluding tert-OH is 1. The van der Waals surface area contributed by atoms with Gasteiger partial charge in [0.05, 0.1) is 5.71 Å². The molecule has 0 aromatic carbocycles. The highest BCUT2D eigenvalue weighted by atomic mass is 16.5. The van der Waals surface area contributed by atoms with Crippen LogP contribution in [0.15, 0.2) is 23.6 Å². The van der Waals surface area contributed by atoms with Gasteiger partial charge in [-0.1, -0.05) is 12.8 Å². The Balaban J connectivity index is 1.64. The van der Waals surface area contributed by atoms with Crippen LogP contribution in [-0.2, 0) is 4.65 Å². The number of aliphatic hydroxyl groups is 1. The van der Waals surface area contributed by atoms with Crippen LogP contribution in [0.4, 0.5) is 0 Å². The molecule has 2 saturated carbocycles. The van der Waals surface area contributed by atoms with Crippen molar-refractivity contribution in [3.8, 4) is 0 Å². The third-order valence-corrected chi connectivity index (χ3v) is 7.71. The molecule has 3 heterocycles. The van der Waals surface area contributed by atoms with Crippen LogP contribution in [-0.4, -0.2) is 47.0 Å². The number of hydrogen-bond acceptors (Lipinski definition) is 5. The summed E-state index contributed by atoms with van der Waals surface area (Å²) < 4.78 is 6.24.